The third-order valence-electron chi connectivity index (χ3n) is 4.33. The molecule has 0 unspecified atom stereocenters. The second-order valence-corrected chi connectivity index (χ2v) is 5.90. The normalized spacial score (nSPS) is 11.0. The molecule has 0 aliphatic heterocycles. The number of esters is 1. The largest absolute Gasteiger partial charge is 0.497 e. The van der Waals surface area contributed by atoms with Gasteiger partial charge in [-0.1, -0.05) is 30.3 Å². The number of aromatic nitrogens is 2. The molecular weight excluding hydrogens is 328 g/mol. The Morgan fingerprint density at radius 1 is 1.08 bits per heavy atom. The van der Waals surface area contributed by atoms with Crippen LogP contribution in [0.2, 0.25) is 0 Å². The van der Waals surface area contributed by atoms with Gasteiger partial charge in [-0.3, -0.25) is 0 Å². The van der Waals surface area contributed by atoms with Crippen molar-refractivity contribution in [3.8, 4) is 17.0 Å². The van der Waals surface area contributed by atoms with Gasteiger partial charge in [-0.05, 0) is 31.2 Å². The monoisotopic (exact) mass is 346 g/mol. The number of nitrogens with zero attached hydrogens (tertiary/aromatic N) is 1. The molecule has 0 radical (unpaired) electrons. The first-order valence-corrected chi connectivity index (χ1v) is 8.44. The van der Waals surface area contributed by atoms with Crippen LogP contribution in [0.25, 0.3) is 33.1 Å². The Hall–Kier alpha value is -3.34. The molecule has 2 heterocycles. The third kappa shape index (κ3) is 2.67. The standard InChI is InChI=1S/C21H18N2O3/c1-3-26-21(24)18-12-16-15-11-14(25-2)9-10-17(15)22-20(16)19(23-18)13-7-5-4-6-8-13/h4-12,22H,3H2,1-2H3. The molecular formula is C21H18N2O3. The SMILES string of the molecule is CCOC(=O)c1cc2c([nH]c3ccc(OC)cc32)c(-c2ccccc2)n1. The minimum Gasteiger partial charge on any atom is -0.497 e. The molecule has 2 aromatic carbocycles. The van der Waals surface area contributed by atoms with Gasteiger partial charge in [0.1, 0.15) is 11.4 Å². The van der Waals surface area contributed by atoms with E-state index in [1.807, 2.05) is 48.5 Å². The van der Waals surface area contributed by atoms with Gasteiger partial charge in [0, 0.05) is 21.9 Å². The van der Waals surface area contributed by atoms with Gasteiger partial charge in [0.25, 0.3) is 0 Å². The van der Waals surface area contributed by atoms with Gasteiger partial charge >= 0.3 is 5.97 Å². The van der Waals surface area contributed by atoms with Crippen LogP contribution in [0.1, 0.15) is 17.4 Å². The highest BCUT2D eigenvalue weighted by atomic mass is 16.5. The van der Waals surface area contributed by atoms with E-state index in [-0.39, 0.29) is 0 Å². The van der Waals surface area contributed by atoms with Gasteiger partial charge in [0.2, 0.25) is 0 Å². The molecule has 4 rings (SSSR count). The zero-order chi connectivity index (χ0) is 18.1. The smallest absolute Gasteiger partial charge is 0.356 e. The van der Waals surface area contributed by atoms with E-state index < -0.39 is 5.97 Å². The zero-order valence-corrected chi connectivity index (χ0v) is 14.6. The van der Waals surface area contributed by atoms with Crippen molar-refractivity contribution in [3.05, 3.63) is 60.3 Å². The average molecular weight is 346 g/mol. The number of H-pyrrole nitrogens is 1. The average Bonchev–Trinajstić information content (AvgIpc) is 3.05. The molecule has 1 N–H and O–H groups in total. The predicted octanol–water partition coefficient (Wildman–Crippen LogP) is 4.57. The van der Waals surface area contributed by atoms with Gasteiger partial charge in [0.15, 0.2) is 0 Å². The summed E-state index contributed by atoms with van der Waals surface area (Å²) in [5.41, 5.74) is 3.79. The summed E-state index contributed by atoms with van der Waals surface area (Å²) in [6.07, 6.45) is 0. The second kappa shape index (κ2) is 6.52. The number of benzene rings is 2. The van der Waals surface area contributed by atoms with Crippen molar-refractivity contribution in [2.45, 2.75) is 6.92 Å². The molecule has 0 saturated heterocycles. The second-order valence-electron chi connectivity index (χ2n) is 5.90. The van der Waals surface area contributed by atoms with Crippen LogP contribution in [0, 0.1) is 0 Å². The lowest BCUT2D eigenvalue weighted by Gasteiger charge is -2.07. The molecule has 4 aromatic rings. The van der Waals surface area contributed by atoms with Crippen molar-refractivity contribution >= 4 is 27.8 Å². The number of hydrogen-bond acceptors (Lipinski definition) is 4. The third-order valence-corrected chi connectivity index (χ3v) is 4.33. The number of fused-ring (bicyclic) bond motifs is 3. The number of carbonyl (C=O) groups excluding carboxylic acids is 1. The van der Waals surface area contributed by atoms with Crippen LogP contribution < -0.4 is 4.74 Å². The van der Waals surface area contributed by atoms with Gasteiger partial charge in [-0.15, -0.1) is 0 Å². The Morgan fingerprint density at radius 3 is 2.62 bits per heavy atom. The summed E-state index contributed by atoms with van der Waals surface area (Å²) >= 11 is 0. The van der Waals surface area contributed by atoms with Crippen LogP contribution in [-0.4, -0.2) is 29.7 Å². The Labute approximate surface area is 150 Å². The van der Waals surface area contributed by atoms with E-state index >= 15 is 0 Å². The number of nitrogens with one attached hydrogen (secondary N) is 1. The molecule has 26 heavy (non-hydrogen) atoms. The summed E-state index contributed by atoms with van der Waals surface area (Å²) in [5, 5.41) is 1.89. The van der Waals surface area contributed by atoms with Crippen LogP contribution in [0.4, 0.5) is 0 Å². The van der Waals surface area contributed by atoms with E-state index in [0.29, 0.717) is 12.3 Å². The van der Waals surface area contributed by atoms with E-state index in [1.54, 1.807) is 20.1 Å². The van der Waals surface area contributed by atoms with Gasteiger partial charge in [-0.25, -0.2) is 9.78 Å². The molecule has 0 atom stereocenters. The number of carbonyl (C=O) groups is 1. The maximum absolute atomic E-state index is 12.3. The van der Waals surface area contributed by atoms with E-state index in [0.717, 1.165) is 38.8 Å². The minimum absolute atomic E-state index is 0.293. The van der Waals surface area contributed by atoms with E-state index in [4.69, 9.17) is 9.47 Å². The number of methoxy groups -OCH3 is 1. The first kappa shape index (κ1) is 16.1. The molecule has 0 spiro atoms. The molecule has 130 valence electrons. The summed E-state index contributed by atoms with van der Waals surface area (Å²) in [7, 11) is 1.64. The van der Waals surface area contributed by atoms with Crippen molar-refractivity contribution in [3.63, 3.8) is 0 Å². The number of pyridine rings is 1. The first-order chi connectivity index (χ1) is 12.7. The number of rotatable bonds is 4. The lowest BCUT2D eigenvalue weighted by Crippen LogP contribution is -2.07. The van der Waals surface area contributed by atoms with Crippen molar-refractivity contribution in [1.82, 2.24) is 9.97 Å². The minimum atomic E-state index is -0.427. The fourth-order valence-electron chi connectivity index (χ4n) is 3.12. The van der Waals surface area contributed by atoms with Crippen LogP contribution in [-0.2, 0) is 4.74 Å². The molecule has 0 saturated carbocycles. The van der Waals surface area contributed by atoms with E-state index in [9.17, 15) is 4.79 Å². The fourth-order valence-corrected chi connectivity index (χ4v) is 3.12. The molecule has 5 heteroatoms. The molecule has 0 fully saturated rings. The van der Waals surface area contributed by atoms with Crippen molar-refractivity contribution < 1.29 is 14.3 Å². The zero-order valence-electron chi connectivity index (χ0n) is 14.6. The molecule has 0 aliphatic rings. The van der Waals surface area contributed by atoms with Crippen LogP contribution in [0.3, 0.4) is 0 Å². The fraction of sp³-hybridized carbons (Fsp3) is 0.143. The van der Waals surface area contributed by atoms with Gasteiger partial charge < -0.3 is 14.5 Å². The highest BCUT2D eigenvalue weighted by Crippen LogP contribution is 2.34. The van der Waals surface area contributed by atoms with E-state index in [2.05, 4.69) is 9.97 Å². The van der Waals surface area contributed by atoms with Crippen LogP contribution in [0.5, 0.6) is 5.75 Å². The summed E-state index contributed by atoms with van der Waals surface area (Å²) < 4.78 is 10.5. The summed E-state index contributed by atoms with van der Waals surface area (Å²) in [6, 6.07) is 17.4. The molecule has 2 aromatic heterocycles. The summed E-state index contributed by atoms with van der Waals surface area (Å²) in [6.45, 7) is 2.09. The van der Waals surface area contributed by atoms with Crippen molar-refractivity contribution in [2.75, 3.05) is 13.7 Å². The highest BCUT2D eigenvalue weighted by Gasteiger charge is 2.18. The molecule has 0 aliphatic carbocycles. The van der Waals surface area contributed by atoms with Gasteiger partial charge in [-0.2, -0.15) is 0 Å². The van der Waals surface area contributed by atoms with Crippen molar-refractivity contribution in [1.29, 1.82) is 0 Å². The Kier molecular flexibility index (Phi) is 4.05. The molecule has 0 amide bonds. The van der Waals surface area contributed by atoms with Gasteiger partial charge in [0.05, 0.1) is 24.9 Å². The van der Waals surface area contributed by atoms with Crippen LogP contribution in [0.15, 0.2) is 54.6 Å². The van der Waals surface area contributed by atoms with E-state index in [1.165, 1.54) is 0 Å². The quantitative estimate of drug-likeness (QED) is 0.550. The Morgan fingerprint density at radius 2 is 1.88 bits per heavy atom. The van der Waals surface area contributed by atoms with Crippen molar-refractivity contribution in [2.24, 2.45) is 0 Å². The summed E-state index contributed by atoms with van der Waals surface area (Å²) in [4.78, 5) is 20.3. The number of ether oxygens (including phenoxy) is 2. The predicted molar refractivity (Wildman–Crippen MR) is 102 cm³/mol. The first-order valence-electron chi connectivity index (χ1n) is 8.44. The van der Waals surface area contributed by atoms with Crippen LogP contribution >= 0.6 is 0 Å². The Balaban J connectivity index is 2.05. The number of hydrogen-bond donors (Lipinski definition) is 1. The topological polar surface area (TPSA) is 64.2 Å². The molecule has 5 nitrogen and oxygen atoms in total. The Bertz CT molecular complexity index is 1100. The molecule has 0 bridgehead atoms. The summed E-state index contributed by atoms with van der Waals surface area (Å²) in [5.74, 6) is 0.331. The maximum atomic E-state index is 12.3. The number of aromatic amines is 1. The lowest BCUT2D eigenvalue weighted by molar-refractivity contribution is 0.0520. The lowest BCUT2D eigenvalue weighted by atomic mass is 10.1. The highest BCUT2D eigenvalue weighted by molar-refractivity contribution is 6.13. The maximum Gasteiger partial charge on any atom is 0.356 e.